The van der Waals surface area contributed by atoms with Crippen molar-refractivity contribution in [3.05, 3.63) is 11.6 Å². The summed E-state index contributed by atoms with van der Waals surface area (Å²) < 4.78 is 0. The van der Waals surface area contributed by atoms with Crippen molar-refractivity contribution >= 4 is 23.6 Å². The van der Waals surface area contributed by atoms with Crippen molar-refractivity contribution in [3.63, 3.8) is 0 Å². The van der Waals surface area contributed by atoms with Gasteiger partial charge in [0, 0.05) is 29.7 Å². The van der Waals surface area contributed by atoms with Gasteiger partial charge in [-0.05, 0) is 50.0 Å². The number of Topliss-reactive ketones (excluding diaryl/α,β-unsaturated/α-hetero) is 2. The fourth-order valence-electron chi connectivity index (χ4n) is 6.01. The summed E-state index contributed by atoms with van der Waals surface area (Å²) in [5, 5.41) is 0. The fraction of sp³-hybridized carbons (Fsp3) is 0.684. The summed E-state index contributed by atoms with van der Waals surface area (Å²) in [6.45, 7) is 2.00. The Bertz CT molecular complexity index is 660. The molecule has 0 saturated heterocycles. The summed E-state index contributed by atoms with van der Waals surface area (Å²) in [5.74, 6) is -0.119. The van der Waals surface area contributed by atoms with Crippen molar-refractivity contribution < 1.29 is 19.2 Å². The van der Waals surface area contributed by atoms with E-state index < -0.39 is 10.8 Å². The van der Waals surface area contributed by atoms with Crippen LogP contribution < -0.4 is 0 Å². The Kier molecular flexibility index (Phi) is 3.07. The Hall–Kier alpha value is -1.58. The smallest absolute Gasteiger partial charge is 0.160 e. The molecule has 5 atom stereocenters. The molecule has 4 heteroatoms. The van der Waals surface area contributed by atoms with Gasteiger partial charge in [-0.25, -0.2) is 0 Å². The van der Waals surface area contributed by atoms with Crippen molar-refractivity contribution in [2.75, 3.05) is 0 Å². The topological polar surface area (TPSA) is 68.3 Å². The largest absolute Gasteiger partial charge is 0.302 e. The first-order valence-corrected chi connectivity index (χ1v) is 8.73. The van der Waals surface area contributed by atoms with E-state index in [1.165, 1.54) is 6.08 Å². The molecule has 0 spiro atoms. The summed E-state index contributed by atoms with van der Waals surface area (Å²) in [4.78, 5) is 49.6. The predicted molar refractivity (Wildman–Crippen MR) is 82.5 cm³/mol. The van der Waals surface area contributed by atoms with Crippen LogP contribution in [0.3, 0.4) is 0 Å². The van der Waals surface area contributed by atoms with Gasteiger partial charge in [0.05, 0.1) is 5.41 Å². The lowest BCUT2D eigenvalue weighted by Crippen LogP contribution is -2.55. The third-order valence-corrected chi connectivity index (χ3v) is 7.26. The van der Waals surface area contributed by atoms with Gasteiger partial charge >= 0.3 is 0 Å². The maximum absolute atomic E-state index is 12.8. The van der Waals surface area contributed by atoms with E-state index in [-0.39, 0.29) is 35.1 Å². The van der Waals surface area contributed by atoms with Crippen LogP contribution >= 0.6 is 0 Å². The summed E-state index contributed by atoms with van der Waals surface area (Å²) >= 11 is 0. The molecule has 0 bridgehead atoms. The highest BCUT2D eigenvalue weighted by molar-refractivity contribution is 6.10. The van der Waals surface area contributed by atoms with Gasteiger partial charge in [-0.2, -0.15) is 0 Å². The van der Waals surface area contributed by atoms with Crippen LogP contribution in [0.1, 0.15) is 51.9 Å². The molecule has 0 N–H and O–H groups in total. The van der Waals surface area contributed by atoms with E-state index in [2.05, 4.69) is 0 Å². The zero-order chi connectivity index (χ0) is 16.4. The molecule has 4 aliphatic carbocycles. The van der Waals surface area contributed by atoms with Gasteiger partial charge in [0.25, 0.3) is 0 Å². The van der Waals surface area contributed by atoms with Crippen LogP contribution in [-0.2, 0) is 19.2 Å². The standard InChI is InChI=1S/C19H22O4/c1-18-8-6-12-17(11(18)4-5-16(18)23)15(22)9-13-14(21)3-2-7-19(12,13)10-20/h9-12,17H,2-8H2,1H3/t11-,12-,17-,18-,19-/m0/s1. The van der Waals surface area contributed by atoms with Gasteiger partial charge in [0.15, 0.2) is 11.6 Å². The second-order valence-electron chi connectivity index (χ2n) is 8.05. The molecule has 0 aromatic heterocycles. The van der Waals surface area contributed by atoms with Crippen molar-refractivity contribution in [3.8, 4) is 0 Å². The minimum Gasteiger partial charge on any atom is -0.302 e. The van der Waals surface area contributed by atoms with Gasteiger partial charge in [0.1, 0.15) is 12.1 Å². The second kappa shape index (κ2) is 4.71. The number of allylic oxidation sites excluding steroid dienone is 2. The van der Waals surface area contributed by atoms with E-state index in [1.807, 2.05) is 6.92 Å². The molecule has 3 fully saturated rings. The molecule has 0 aromatic rings. The van der Waals surface area contributed by atoms with Gasteiger partial charge in [-0.3, -0.25) is 14.4 Å². The van der Waals surface area contributed by atoms with Crippen LogP contribution in [0, 0.1) is 28.6 Å². The monoisotopic (exact) mass is 314 g/mol. The Morgan fingerprint density at radius 2 is 1.87 bits per heavy atom. The van der Waals surface area contributed by atoms with E-state index in [4.69, 9.17) is 0 Å². The highest BCUT2D eigenvalue weighted by Crippen LogP contribution is 2.62. The number of carbonyl (C=O) groups is 4. The molecular weight excluding hydrogens is 292 g/mol. The van der Waals surface area contributed by atoms with Crippen LogP contribution in [0.4, 0.5) is 0 Å². The summed E-state index contributed by atoms with van der Waals surface area (Å²) in [5.41, 5.74) is -0.732. The van der Waals surface area contributed by atoms with Crippen LogP contribution in [0.2, 0.25) is 0 Å². The Balaban J connectivity index is 1.84. The van der Waals surface area contributed by atoms with Crippen molar-refractivity contribution in [1.29, 1.82) is 0 Å². The maximum atomic E-state index is 12.8. The first-order chi connectivity index (χ1) is 10.9. The molecule has 23 heavy (non-hydrogen) atoms. The summed E-state index contributed by atoms with van der Waals surface area (Å²) in [6.07, 6.45) is 6.94. The van der Waals surface area contributed by atoms with Crippen molar-refractivity contribution in [1.82, 2.24) is 0 Å². The number of aldehydes is 1. The molecule has 0 aromatic carbocycles. The molecule has 0 heterocycles. The molecule has 0 aliphatic heterocycles. The van der Waals surface area contributed by atoms with Gasteiger partial charge in [0.2, 0.25) is 0 Å². The number of fused-ring (bicyclic) bond motifs is 5. The number of rotatable bonds is 1. The molecule has 3 saturated carbocycles. The lowest BCUT2D eigenvalue weighted by molar-refractivity contribution is -0.144. The fourth-order valence-corrected chi connectivity index (χ4v) is 6.01. The van der Waals surface area contributed by atoms with E-state index >= 15 is 0 Å². The molecule has 0 amide bonds. The quantitative estimate of drug-likeness (QED) is 0.697. The molecule has 4 aliphatic rings. The van der Waals surface area contributed by atoms with E-state index in [1.54, 1.807) is 0 Å². The predicted octanol–water partition coefficient (Wildman–Crippen LogP) is 2.45. The second-order valence-corrected chi connectivity index (χ2v) is 8.05. The van der Waals surface area contributed by atoms with Crippen LogP contribution in [0.25, 0.3) is 0 Å². The minimum atomic E-state index is -0.777. The highest BCUT2D eigenvalue weighted by atomic mass is 16.1. The maximum Gasteiger partial charge on any atom is 0.160 e. The molecule has 0 radical (unpaired) electrons. The van der Waals surface area contributed by atoms with Crippen LogP contribution in [0.5, 0.6) is 0 Å². The lowest BCUT2D eigenvalue weighted by atomic mass is 9.47. The Morgan fingerprint density at radius 3 is 2.61 bits per heavy atom. The van der Waals surface area contributed by atoms with Gasteiger partial charge in [-0.1, -0.05) is 6.92 Å². The Labute approximate surface area is 135 Å². The number of hydrogen-bond acceptors (Lipinski definition) is 4. The van der Waals surface area contributed by atoms with Crippen LogP contribution in [0.15, 0.2) is 11.6 Å². The highest BCUT2D eigenvalue weighted by Gasteiger charge is 2.62. The number of hydrogen-bond donors (Lipinski definition) is 0. The van der Waals surface area contributed by atoms with Crippen molar-refractivity contribution in [2.45, 2.75) is 51.9 Å². The lowest BCUT2D eigenvalue weighted by Gasteiger charge is -2.53. The number of ketones is 3. The molecule has 0 unspecified atom stereocenters. The zero-order valence-corrected chi connectivity index (χ0v) is 13.5. The van der Waals surface area contributed by atoms with Gasteiger partial charge < -0.3 is 4.79 Å². The third kappa shape index (κ3) is 1.72. The van der Waals surface area contributed by atoms with E-state index in [9.17, 15) is 19.2 Å². The molecular formula is C19H22O4. The third-order valence-electron chi connectivity index (χ3n) is 7.26. The SMILES string of the molecule is C[C@]12CC[C@H]3[C@@H](C(=O)C=C4C(=O)CCC[C@@]43C=O)[C@@H]1CCC2=O. The average Bonchev–Trinajstić information content (AvgIpc) is 2.84. The summed E-state index contributed by atoms with van der Waals surface area (Å²) in [6, 6.07) is 0. The first-order valence-electron chi connectivity index (χ1n) is 8.73. The summed E-state index contributed by atoms with van der Waals surface area (Å²) in [7, 11) is 0. The molecule has 4 nitrogen and oxygen atoms in total. The molecule has 4 rings (SSSR count). The number of carbonyl (C=O) groups excluding carboxylic acids is 4. The van der Waals surface area contributed by atoms with Crippen molar-refractivity contribution in [2.24, 2.45) is 28.6 Å². The van der Waals surface area contributed by atoms with E-state index in [0.29, 0.717) is 37.7 Å². The normalized spacial score (nSPS) is 45.9. The minimum absolute atomic E-state index is 0.0247. The average molecular weight is 314 g/mol. The van der Waals surface area contributed by atoms with Crippen LogP contribution in [-0.4, -0.2) is 23.6 Å². The molecule has 122 valence electrons. The Morgan fingerprint density at radius 1 is 1.09 bits per heavy atom. The first kappa shape index (κ1) is 15.0. The zero-order valence-electron chi connectivity index (χ0n) is 13.5. The van der Waals surface area contributed by atoms with E-state index in [0.717, 1.165) is 19.1 Å². The van der Waals surface area contributed by atoms with Gasteiger partial charge in [-0.15, -0.1) is 0 Å².